The monoisotopic (exact) mass is 243 g/mol. The fraction of sp³-hybridized carbons (Fsp3) is 0.929. The van der Waals surface area contributed by atoms with E-state index in [2.05, 4.69) is 26.1 Å². The molecule has 0 heterocycles. The van der Waals surface area contributed by atoms with Gasteiger partial charge in [-0.05, 0) is 39.0 Å². The van der Waals surface area contributed by atoms with Gasteiger partial charge in [0, 0.05) is 19.6 Å². The fourth-order valence-corrected chi connectivity index (χ4v) is 1.26. The van der Waals surface area contributed by atoms with Crippen LogP contribution in [0.1, 0.15) is 60.8 Å². The molecule has 0 fully saturated rings. The van der Waals surface area contributed by atoms with E-state index in [1.165, 1.54) is 0 Å². The molecular formula is C14H29NO2. The Labute approximate surface area is 106 Å². The predicted molar refractivity (Wildman–Crippen MR) is 72.0 cm³/mol. The van der Waals surface area contributed by atoms with Crippen LogP contribution in [0.3, 0.4) is 0 Å². The third-order valence-corrected chi connectivity index (χ3v) is 2.28. The zero-order valence-corrected chi connectivity index (χ0v) is 12.4. The van der Waals surface area contributed by atoms with Gasteiger partial charge in [0.05, 0.1) is 5.60 Å². The summed E-state index contributed by atoms with van der Waals surface area (Å²) in [6.07, 6.45) is 2.42. The molecule has 0 aromatic heterocycles. The van der Waals surface area contributed by atoms with Crippen LogP contribution in [0.15, 0.2) is 0 Å². The Balaban J connectivity index is 3.47. The van der Waals surface area contributed by atoms with Gasteiger partial charge in [0.15, 0.2) is 0 Å². The lowest BCUT2D eigenvalue weighted by molar-refractivity contribution is -0.121. The van der Waals surface area contributed by atoms with Crippen LogP contribution in [0.5, 0.6) is 0 Å². The molecule has 0 aliphatic rings. The predicted octanol–water partition coefficient (Wildman–Crippen LogP) is 3.13. The van der Waals surface area contributed by atoms with Gasteiger partial charge in [-0.1, -0.05) is 20.8 Å². The van der Waals surface area contributed by atoms with E-state index in [0.29, 0.717) is 19.6 Å². The van der Waals surface area contributed by atoms with E-state index in [-0.39, 0.29) is 16.9 Å². The van der Waals surface area contributed by atoms with Crippen LogP contribution in [0.4, 0.5) is 0 Å². The van der Waals surface area contributed by atoms with Crippen LogP contribution in [0.25, 0.3) is 0 Å². The summed E-state index contributed by atoms with van der Waals surface area (Å²) in [5, 5.41) is 2.92. The van der Waals surface area contributed by atoms with Gasteiger partial charge in [-0.3, -0.25) is 4.79 Å². The Morgan fingerprint density at radius 1 is 1.12 bits per heavy atom. The van der Waals surface area contributed by atoms with E-state index < -0.39 is 0 Å². The topological polar surface area (TPSA) is 38.3 Å². The maximum absolute atomic E-state index is 11.5. The van der Waals surface area contributed by atoms with Crippen LogP contribution in [0.2, 0.25) is 0 Å². The van der Waals surface area contributed by atoms with Crippen molar-refractivity contribution in [3.8, 4) is 0 Å². The Bertz CT molecular complexity index is 223. The summed E-state index contributed by atoms with van der Waals surface area (Å²) < 4.78 is 5.57. The highest BCUT2D eigenvalue weighted by Crippen LogP contribution is 2.20. The first-order valence-corrected chi connectivity index (χ1v) is 6.51. The lowest BCUT2D eigenvalue weighted by Gasteiger charge is -2.19. The van der Waals surface area contributed by atoms with Crippen molar-refractivity contribution < 1.29 is 9.53 Å². The average molecular weight is 243 g/mol. The van der Waals surface area contributed by atoms with Crippen molar-refractivity contribution in [1.82, 2.24) is 5.32 Å². The van der Waals surface area contributed by atoms with Crippen molar-refractivity contribution in [3.05, 3.63) is 0 Å². The van der Waals surface area contributed by atoms with E-state index in [9.17, 15) is 4.79 Å². The fourth-order valence-electron chi connectivity index (χ4n) is 1.26. The molecule has 0 radical (unpaired) electrons. The van der Waals surface area contributed by atoms with E-state index in [1.54, 1.807) is 0 Å². The Hall–Kier alpha value is -0.570. The maximum Gasteiger partial charge on any atom is 0.220 e. The van der Waals surface area contributed by atoms with Crippen molar-refractivity contribution >= 4 is 5.91 Å². The average Bonchev–Trinajstić information content (AvgIpc) is 2.11. The second kappa shape index (κ2) is 7.00. The smallest absolute Gasteiger partial charge is 0.220 e. The highest BCUT2D eigenvalue weighted by atomic mass is 16.5. The normalized spacial score (nSPS) is 12.6. The molecule has 0 bridgehead atoms. The number of hydrogen-bond acceptors (Lipinski definition) is 2. The van der Waals surface area contributed by atoms with Gasteiger partial charge in [0.2, 0.25) is 5.91 Å². The second-order valence-corrected chi connectivity index (χ2v) is 6.73. The highest BCUT2D eigenvalue weighted by molar-refractivity contribution is 5.75. The van der Waals surface area contributed by atoms with Crippen LogP contribution < -0.4 is 5.32 Å². The highest BCUT2D eigenvalue weighted by Gasteiger charge is 2.12. The molecule has 1 amide bonds. The number of carbonyl (C=O) groups excluding carboxylic acids is 1. The minimum absolute atomic E-state index is 0.0871. The molecule has 0 aromatic rings. The van der Waals surface area contributed by atoms with E-state index in [4.69, 9.17) is 4.74 Å². The third kappa shape index (κ3) is 13.4. The molecular weight excluding hydrogens is 214 g/mol. The van der Waals surface area contributed by atoms with Crippen LogP contribution in [0, 0.1) is 5.41 Å². The van der Waals surface area contributed by atoms with Crippen molar-refractivity contribution in [3.63, 3.8) is 0 Å². The molecule has 0 rings (SSSR count). The Morgan fingerprint density at radius 2 is 1.71 bits per heavy atom. The SMILES string of the molecule is CC(C)(C)CCC(=O)NCCCOC(C)(C)C. The summed E-state index contributed by atoms with van der Waals surface area (Å²) in [5.74, 6) is 0.149. The first-order valence-electron chi connectivity index (χ1n) is 6.51. The quantitative estimate of drug-likeness (QED) is 0.728. The summed E-state index contributed by atoms with van der Waals surface area (Å²) in [4.78, 5) is 11.5. The van der Waals surface area contributed by atoms with Gasteiger partial charge < -0.3 is 10.1 Å². The molecule has 0 unspecified atom stereocenters. The summed E-state index contributed by atoms with van der Waals surface area (Å²) in [7, 11) is 0. The number of ether oxygens (including phenoxy) is 1. The molecule has 0 atom stereocenters. The number of rotatable bonds is 6. The molecule has 0 aliphatic heterocycles. The number of amides is 1. The first-order chi connectivity index (χ1) is 7.60. The van der Waals surface area contributed by atoms with E-state index >= 15 is 0 Å². The summed E-state index contributed by atoms with van der Waals surface area (Å²) >= 11 is 0. The number of hydrogen-bond donors (Lipinski definition) is 1. The summed E-state index contributed by atoms with van der Waals surface area (Å²) in [6, 6.07) is 0. The second-order valence-electron chi connectivity index (χ2n) is 6.73. The molecule has 3 nitrogen and oxygen atoms in total. The Morgan fingerprint density at radius 3 is 2.18 bits per heavy atom. The Kier molecular flexibility index (Phi) is 6.76. The van der Waals surface area contributed by atoms with Crippen LogP contribution >= 0.6 is 0 Å². The van der Waals surface area contributed by atoms with Crippen molar-refractivity contribution in [2.75, 3.05) is 13.2 Å². The standard InChI is InChI=1S/C14H29NO2/c1-13(2,3)9-8-12(16)15-10-7-11-17-14(4,5)6/h7-11H2,1-6H3,(H,15,16). The molecule has 0 aliphatic carbocycles. The van der Waals surface area contributed by atoms with Gasteiger partial charge in [-0.25, -0.2) is 0 Å². The van der Waals surface area contributed by atoms with Crippen molar-refractivity contribution in [2.24, 2.45) is 5.41 Å². The van der Waals surface area contributed by atoms with Crippen molar-refractivity contribution in [2.45, 2.75) is 66.4 Å². The molecule has 17 heavy (non-hydrogen) atoms. The van der Waals surface area contributed by atoms with Gasteiger partial charge in [-0.2, -0.15) is 0 Å². The molecule has 3 heteroatoms. The number of nitrogens with one attached hydrogen (secondary N) is 1. The zero-order chi connectivity index (χ0) is 13.5. The maximum atomic E-state index is 11.5. The molecule has 0 saturated carbocycles. The minimum Gasteiger partial charge on any atom is -0.376 e. The molecule has 0 saturated heterocycles. The van der Waals surface area contributed by atoms with Crippen molar-refractivity contribution in [1.29, 1.82) is 0 Å². The summed E-state index contributed by atoms with van der Waals surface area (Å²) in [6.45, 7) is 14.0. The molecule has 0 aromatic carbocycles. The van der Waals surface area contributed by atoms with E-state index in [1.807, 2.05) is 20.8 Å². The van der Waals surface area contributed by atoms with Gasteiger partial charge in [0.1, 0.15) is 0 Å². The third-order valence-electron chi connectivity index (χ3n) is 2.28. The van der Waals surface area contributed by atoms with Gasteiger partial charge in [0.25, 0.3) is 0 Å². The van der Waals surface area contributed by atoms with Gasteiger partial charge in [-0.15, -0.1) is 0 Å². The first kappa shape index (κ1) is 16.4. The molecule has 102 valence electrons. The van der Waals surface area contributed by atoms with E-state index in [0.717, 1.165) is 12.8 Å². The van der Waals surface area contributed by atoms with Crippen LogP contribution in [-0.2, 0) is 9.53 Å². The number of carbonyl (C=O) groups is 1. The van der Waals surface area contributed by atoms with Gasteiger partial charge >= 0.3 is 0 Å². The molecule has 0 spiro atoms. The lowest BCUT2D eigenvalue weighted by atomic mass is 9.90. The van der Waals surface area contributed by atoms with Crippen LogP contribution in [-0.4, -0.2) is 24.7 Å². The summed E-state index contributed by atoms with van der Waals surface area (Å²) in [5.41, 5.74) is 0.142. The zero-order valence-electron chi connectivity index (χ0n) is 12.4. The lowest BCUT2D eigenvalue weighted by Crippen LogP contribution is -2.27. The molecule has 1 N–H and O–H groups in total. The minimum atomic E-state index is -0.0871. The largest absolute Gasteiger partial charge is 0.376 e.